The summed E-state index contributed by atoms with van der Waals surface area (Å²) in [6.07, 6.45) is 1.52. The average molecular weight is 242 g/mol. The largest absolute Gasteiger partial charge is 0.397 e. The Labute approximate surface area is 104 Å². The fraction of sp³-hybridized carbons (Fsp3) is 0.0769. The molecule has 2 aromatic rings. The van der Waals surface area contributed by atoms with Crippen LogP contribution in [-0.4, -0.2) is 4.98 Å². The van der Waals surface area contributed by atoms with Gasteiger partial charge in [-0.15, -0.1) is 0 Å². The number of hydrogen-bond donors (Lipinski definition) is 2. The third-order valence-corrected chi connectivity index (χ3v) is 2.45. The van der Waals surface area contributed by atoms with E-state index in [2.05, 4.69) is 10.3 Å². The summed E-state index contributed by atoms with van der Waals surface area (Å²) in [5.74, 6) is 0.145. The Morgan fingerprint density at radius 1 is 1.39 bits per heavy atom. The van der Waals surface area contributed by atoms with E-state index in [4.69, 9.17) is 11.0 Å². The van der Waals surface area contributed by atoms with Gasteiger partial charge in [-0.3, -0.25) is 0 Å². The molecule has 3 N–H and O–H groups in total. The molecule has 0 radical (unpaired) electrons. The zero-order chi connectivity index (χ0) is 13.1. The number of aromatic nitrogens is 1. The van der Waals surface area contributed by atoms with Crippen LogP contribution in [0.3, 0.4) is 0 Å². The molecule has 4 nitrogen and oxygen atoms in total. The van der Waals surface area contributed by atoms with Crippen molar-refractivity contribution in [3.05, 3.63) is 47.4 Å². The molecule has 2 rings (SSSR count). The molecule has 1 aromatic carbocycles. The maximum atomic E-state index is 13.0. The number of benzene rings is 1. The van der Waals surface area contributed by atoms with Gasteiger partial charge in [-0.1, -0.05) is 0 Å². The van der Waals surface area contributed by atoms with Gasteiger partial charge in [0.05, 0.1) is 23.1 Å². The highest BCUT2D eigenvalue weighted by molar-refractivity contribution is 5.67. The van der Waals surface area contributed by atoms with Crippen LogP contribution >= 0.6 is 0 Å². The summed E-state index contributed by atoms with van der Waals surface area (Å²) < 4.78 is 13.0. The lowest BCUT2D eigenvalue weighted by Gasteiger charge is -2.10. The van der Waals surface area contributed by atoms with Crippen LogP contribution in [0.25, 0.3) is 0 Å². The monoisotopic (exact) mass is 242 g/mol. The summed E-state index contributed by atoms with van der Waals surface area (Å²) in [6, 6.07) is 7.67. The zero-order valence-corrected chi connectivity index (χ0v) is 9.74. The first kappa shape index (κ1) is 11.9. The number of nitrogen functional groups attached to an aromatic ring is 1. The molecule has 0 saturated heterocycles. The van der Waals surface area contributed by atoms with Gasteiger partial charge in [0.1, 0.15) is 17.7 Å². The van der Waals surface area contributed by atoms with Gasteiger partial charge < -0.3 is 11.1 Å². The third kappa shape index (κ3) is 2.38. The highest BCUT2D eigenvalue weighted by Gasteiger charge is 2.06. The SMILES string of the molecule is Cc1cc(N)cnc1Nc1ccc(F)cc1C#N. The number of rotatable bonds is 2. The first-order valence-electron chi connectivity index (χ1n) is 5.29. The molecule has 0 amide bonds. The molecule has 0 aliphatic carbocycles. The summed E-state index contributed by atoms with van der Waals surface area (Å²) in [5.41, 5.74) is 7.76. The molecular formula is C13H11FN4. The van der Waals surface area contributed by atoms with Gasteiger partial charge in [0.25, 0.3) is 0 Å². The lowest BCUT2D eigenvalue weighted by atomic mass is 10.2. The van der Waals surface area contributed by atoms with Crippen LogP contribution in [0.5, 0.6) is 0 Å². The lowest BCUT2D eigenvalue weighted by Crippen LogP contribution is -2.00. The number of nitriles is 1. The molecule has 0 spiro atoms. The number of nitrogens with zero attached hydrogens (tertiary/aromatic N) is 2. The molecule has 0 bridgehead atoms. The second kappa shape index (κ2) is 4.72. The smallest absolute Gasteiger partial charge is 0.133 e. The second-order valence-corrected chi connectivity index (χ2v) is 3.86. The van der Waals surface area contributed by atoms with Gasteiger partial charge in [0.15, 0.2) is 0 Å². The van der Waals surface area contributed by atoms with Gasteiger partial charge >= 0.3 is 0 Å². The molecular weight excluding hydrogens is 231 g/mol. The summed E-state index contributed by atoms with van der Waals surface area (Å²) in [7, 11) is 0. The standard InChI is InChI=1S/C13H11FN4/c1-8-4-11(16)7-17-13(8)18-12-3-2-10(14)5-9(12)6-15/h2-5,7H,16H2,1H3,(H,17,18). The Morgan fingerprint density at radius 3 is 2.83 bits per heavy atom. The van der Waals surface area contributed by atoms with Crippen LogP contribution in [0.4, 0.5) is 21.6 Å². The molecule has 0 fully saturated rings. The van der Waals surface area contributed by atoms with Crippen molar-refractivity contribution in [2.45, 2.75) is 6.92 Å². The van der Waals surface area contributed by atoms with E-state index >= 15 is 0 Å². The topological polar surface area (TPSA) is 74.7 Å². The van der Waals surface area contributed by atoms with E-state index in [1.54, 1.807) is 6.07 Å². The van der Waals surface area contributed by atoms with E-state index in [1.165, 1.54) is 24.4 Å². The quantitative estimate of drug-likeness (QED) is 0.849. The van der Waals surface area contributed by atoms with E-state index in [1.807, 2.05) is 13.0 Å². The first-order chi connectivity index (χ1) is 8.60. The highest BCUT2D eigenvalue weighted by Crippen LogP contribution is 2.23. The Hall–Kier alpha value is -2.61. The van der Waals surface area contributed by atoms with Crippen molar-refractivity contribution in [2.75, 3.05) is 11.1 Å². The summed E-state index contributed by atoms with van der Waals surface area (Å²) in [5, 5.41) is 11.9. The molecule has 0 aliphatic heterocycles. The van der Waals surface area contributed by atoms with Gasteiger partial charge in [-0.25, -0.2) is 9.37 Å². The van der Waals surface area contributed by atoms with E-state index in [-0.39, 0.29) is 5.56 Å². The summed E-state index contributed by atoms with van der Waals surface area (Å²) in [4.78, 5) is 4.13. The number of aryl methyl sites for hydroxylation is 1. The first-order valence-corrected chi connectivity index (χ1v) is 5.29. The molecule has 0 saturated carbocycles. The Morgan fingerprint density at radius 2 is 2.17 bits per heavy atom. The van der Waals surface area contributed by atoms with E-state index < -0.39 is 5.82 Å². The maximum absolute atomic E-state index is 13.0. The number of anilines is 3. The van der Waals surface area contributed by atoms with Gasteiger partial charge in [0.2, 0.25) is 0 Å². The van der Waals surface area contributed by atoms with Crippen molar-refractivity contribution in [3.63, 3.8) is 0 Å². The summed E-state index contributed by atoms with van der Waals surface area (Å²) in [6.45, 7) is 1.85. The van der Waals surface area contributed by atoms with Crippen LogP contribution < -0.4 is 11.1 Å². The Bertz CT molecular complexity index is 631. The maximum Gasteiger partial charge on any atom is 0.133 e. The van der Waals surface area contributed by atoms with E-state index in [0.717, 1.165) is 5.56 Å². The third-order valence-electron chi connectivity index (χ3n) is 2.45. The minimum atomic E-state index is -0.445. The van der Waals surface area contributed by atoms with Crippen molar-refractivity contribution in [1.82, 2.24) is 4.98 Å². The van der Waals surface area contributed by atoms with Crippen LogP contribution in [-0.2, 0) is 0 Å². The molecule has 90 valence electrons. The van der Waals surface area contributed by atoms with Gasteiger partial charge in [-0.2, -0.15) is 5.26 Å². The normalized spacial score (nSPS) is 9.83. The van der Waals surface area contributed by atoms with Gasteiger partial charge in [-0.05, 0) is 36.8 Å². The minimum Gasteiger partial charge on any atom is -0.397 e. The van der Waals surface area contributed by atoms with Crippen molar-refractivity contribution in [2.24, 2.45) is 0 Å². The number of nitrogens with two attached hydrogens (primary N) is 1. The predicted octanol–water partition coefficient (Wildman–Crippen LogP) is 2.73. The van der Waals surface area contributed by atoms with Crippen LogP contribution in [0.1, 0.15) is 11.1 Å². The van der Waals surface area contributed by atoms with Crippen LogP contribution in [0.2, 0.25) is 0 Å². The van der Waals surface area contributed by atoms with Gasteiger partial charge in [0, 0.05) is 0 Å². The highest BCUT2D eigenvalue weighted by atomic mass is 19.1. The fourth-order valence-electron chi connectivity index (χ4n) is 1.57. The molecule has 1 heterocycles. The van der Waals surface area contributed by atoms with E-state index in [9.17, 15) is 4.39 Å². The number of hydrogen-bond acceptors (Lipinski definition) is 4. The zero-order valence-electron chi connectivity index (χ0n) is 9.74. The average Bonchev–Trinajstić information content (AvgIpc) is 2.34. The second-order valence-electron chi connectivity index (χ2n) is 3.86. The lowest BCUT2D eigenvalue weighted by molar-refractivity contribution is 0.627. The predicted molar refractivity (Wildman–Crippen MR) is 67.8 cm³/mol. The van der Waals surface area contributed by atoms with Crippen molar-refractivity contribution in [3.8, 4) is 6.07 Å². The molecule has 1 aromatic heterocycles. The fourth-order valence-corrected chi connectivity index (χ4v) is 1.57. The van der Waals surface area contributed by atoms with Crippen LogP contribution in [0.15, 0.2) is 30.5 Å². The number of halogens is 1. The minimum absolute atomic E-state index is 0.230. The molecule has 0 unspecified atom stereocenters. The summed E-state index contributed by atoms with van der Waals surface area (Å²) >= 11 is 0. The van der Waals surface area contributed by atoms with E-state index in [0.29, 0.717) is 17.2 Å². The Kier molecular flexibility index (Phi) is 3.11. The van der Waals surface area contributed by atoms with Crippen molar-refractivity contribution in [1.29, 1.82) is 5.26 Å². The molecule has 0 aliphatic rings. The van der Waals surface area contributed by atoms with Crippen molar-refractivity contribution < 1.29 is 4.39 Å². The Balaban J connectivity index is 2.37. The molecule has 5 heteroatoms. The number of nitrogens with one attached hydrogen (secondary N) is 1. The molecule has 0 atom stereocenters. The van der Waals surface area contributed by atoms with Crippen molar-refractivity contribution >= 4 is 17.2 Å². The number of pyridine rings is 1. The van der Waals surface area contributed by atoms with Crippen LogP contribution in [0, 0.1) is 24.1 Å². The molecule has 18 heavy (non-hydrogen) atoms.